The fourth-order valence-electron chi connectivity index (χ4n) is 3.18. The molecular weight excluding hydrogens is 386 g/mol. The van der Waals surface area contributed by atoms with E-state index in [0.29, 0.717) is 30.1 Å². The first-order valence-electron chi connectivity index (χ1n) is 9.47. The predicted molar refractivity (Wildman–Crippen MR) is 112 cm³/mol. The zero-order chi connectivity index (χ0) is 20.1. The lowest BCUT2D eigenvalue weighted by molar-refractivity contribution is 0.165. The molecule has 0 amide bonds. The van der Waals surface area contributed by atoms with Crippen LogP contribution in [-0.2, 0) is 19.5 Å². The maximum Gasteiger partial charge on any atom is 0.241 e. The van der Waals surface area contributed by atoms with Crippen molar-refractivity contribution in [3.05, 3.63) is 76.5 Å². The van der Waals surface area contributed by atoms with Gasteiger partial charge in [-0.15, -0.1) is 11.3 Å². The number of rotatable bonds is 9. The molecule has 0 fully saturated rings. The van der Waals surface area contributed by atoms with Crippen molar-refractivity contribution in [2.45, 2.75) is 32.5 Å². The van der Waals surface area contributed by atoms with Crippen molar-refractivity contribution in [3.8, 4) is 17.3 Å². The summed E-state index contributed by atoms with van der Waals surface area (Å²) >= 11 is 1.78. The van der Waals surface area contributed by atoms with Crippen LogP contribution in [0.3, 0.4) is 0 Å². The Balaban J connectivity index is 1.51. The first-order valence-corrected chi connectivity index (χ1v) is 10.3. The summed E-state index contributed by atoms with van der Waals surface area (Å²) < 4.78 is 16.1. The van der Waals surface area contributed by atoms with Gasteiger partial charge in [-0.3, -0.25) is 4.90 Å². The van der Waals surface area contributed by atoms with Crippen LogP contribution in [0.1, 0.15) is 23.3 Å². The highest BCUT2D eigenvalue weighted by Crippen LogP contribution is 2.21. The molecule has 0 aliphatic carbocycles. The number of nitrogens with zero attached hydrogens (tertiary/aromatic N) is 3. The Morgan fingerprint density at radius 1 is 1.10 bits per heavy atom. The van der Waals surface area contributed by atoms with Gasteiger partial charge in [-0.2, -0.15) is 4.98 Å². The molecule has 0 bridgehead atoms. The fourth-order valence-corrected chi connectivity index (χ4v) is 4.01. The van der Waals surface area contributed by atoms with Crippen molar-refractivity contribution in [3.63, 3.8) is 0 Å². The Labute approximate surface area is 173 Å². The summed E-state index contributed by atoms with van der Waals surface area (Å²) in [4.78, 5) is 8.22. The molecule has 4 rings (SSSR count). The molecule has 29 heavy (non-hydrogen) atoms. The van der Waals surface area contributed by atoms with E-state index in [2.05, 4.69) is 51.6 Å². The quantitative estimate of drug-likeness (QED) is 0.386. The van der Waals surface area contributed by atoms with Crippen LogP contribution in [0.5, 0.6) is 5.75 Å². The first kappa shape index (κ1) is 19.4. The third-order valence-corrected chi connectivity index (χ3v) is 5.69. The average Bonchev–Trinajstić information content (AvgIpc) is 3.50. The van der Waals surface area contributed by atoms with Crippen LogP contribution in [0.15, 0.2) is 69.1 Å². The highest BCUT2D eigenvalue weighted by molar-refractivity contribution is 7.09. The van der Waals surface area contributed by atoms with Crippen molar-refractivity contribution >= 4 is 11.3 Å². The summed E-state index contributed by atoms with van der Waals surface area (Å²) in [6, 6.07) is 16.3. The van der Waals surface area contributed by atoms with Crippen molar-refractivity contribution in [1.82, 2.24) is 15.0 Å². The van der Waals surface area contributed by atoms with E-state index < -0.39 is 0 Å². The van der Waals surface area contributed by atoms with Gasteiger partial charge in [0.2, 0.25) is 11.7 Å². The third kappa shape index (κ3) is 4.93. The number of benzene rings is 1. The van der Waals surface area contributed by atoms with Crippen molar-refractivity contribution in [2.75, 3.05) is 7.11 Å². The van der Waals surface area contributed by atoms with E-state index in [0.717, 1.165) is 18.7 Å². The molecule has 3 aromatic heterocycles. The van der Waals surface area contributed by atoms with E-state index in [4.69, 9.17) is 13.7 Å². The number of ether oxygens (including phenoxy) is 1. The molecule has 1 atom stereocenters. The Hall–Kier alpha value is -2.90. The molecule has 0 unspecified atom stereocenters. The normalized spacial score (nSPS) is 12.4. The molecule has 0 aliphatic rings. The summed E-state index contributed by atoms with van der Waals surface area (Å²) in [5.41, 5.74) is 1.20. The van der Waals surface area contributed by atoms with Gasteiger partial charge in [0, 0.05) is 17.5 Å². The molecule has 0 saturated carbocycles. The summed E-state index contributed by atoms with van der Waals surface area (Å²) in [5.74, 6) is 2.50. The molecule has 150 valence electrons. The molecule has 3 heterocycles. The first-order chi connectivity index (χ1) is 14.2. The Kier molecular flexibility index (Phi) is 6.07. The monoisotopic (exact) mass is 409 g/mol. The number of furan rings is 1. The fraction of sp³-hybridized carbons (Fsp3) is 0.273. The van der Waals surface area contributed by atoms with Crippen LogP contribution in [0.25, 0.3) is 11.6 Å². The van der Waals surface area contributed by atoms with Gasteiger partial charge in [0.15, 0.2) is 5.76 Å². The van der Waals surface area contributed by atoms with Crippen molar-refractivity contribution < 1.29 is 13.7 Å². The van der Waals surface area contributed by atoms with Gasteiger partial charge in [-0.1, -0.05) is 23.4 Å². The standard InChI is InChI=1S/C22H23N3O3S/c1-16(13-19-5-4-12-29-19)25(14-17-7-9-18(26-2)10-8-17)15-21-23-22(24-28-21)20-6-3-11-27-20/h3-12,16H,13-15H2,1-2H3/t16-/m0/s1. The Morgan fingerprint density at radius 3 is 2.66 bits per heavy atom. The molecule has 0 saturated heterocycles. The molecule has 6 nitrogen and oxygen atoms in total. The number of hydrogen-bond acceptors (Lipinski definition) is 7. The second-order valence-corrected chi connectivity index (χ2v) is 7.91. The van der Waals surface area contributed by atoms with Crippen LogP contribution in [0.2, 0.25) is 0 Å². The second kappa shape index (κ2) is 9.07. The lowest BCUT2D eigenvalue weighted by atomic mass is 10.1. The number of hydrogen-bond donors (Lipinski definition) is 0. The van der Waals surface area contributed by atoms with Gasteiger partial charge in [-0.05, 0) is 54.6 Å². The molecule has 0 spiro atoms. The van der Waals surface area contributed by atoms with Gasteiger partial charge in [0.05, 0.1) is 19.9 Å². The largest absolute Gasteiger partial charge is 0.497 e. The smallest absolute Gasteiger partial charge is 0.241 e. The second-order valence-electron chi connectivity index (χ2n) is 6.87. The maximum atomic E-state index is 5.50. The van der Waals surface area contributed by atoms with E-state index in [9.17, 15) is 0 Å². The minimum absolute atomic E-state index is 0.301. The van der Waals surface area contributed by atoms with Gasteiger partial charge in [-0.25, -0.2) is 0 Å². The van der Waals surface area contributed by atoms with Gasteiger partial charge < -0.3 is 13.7 Å². The predicted octanol–water partition coefficient (Wildman–Crippen LogP) is 5.03. The summed E-state index contributed by atoms with van der Waals surface area (Å²) in [6.45, 7) is 3.56. The number of methoxy groups -OCH3 is 1. The van der Waals surface area contributed by atoms with Crippen LogP contribution in [0.4, 0.5) is 0 Å². The highest BCUT2D eigenvalue weighted by Gasteiger charge is 2.20. The van der Waals surface area contributed by atoms with Gasteiger partial charge >= 0.3 is 0 Å². The summed E-state index contributed by atoms with van der Waals surface area (Å²) in [5, 5.41) is 6.17. The van der Waals surface area contributed by atoms with E-state index in [-0.39, 0.29) is 0 Å². The number of aromatic nitrogens is 2. The average molecular weight is 410 g/mol. The van der Waals surface area contributed by atoms with E-state index in [1.54, 1.807) is 24.7 Å². The van der Waals surface area contributed by atoms with Crippen LogP contribution in [-0.4, -0.2) is 28.2 Å². The topological polar surface area (TPSA) is 64.5 Å². The minimum atomic E-state index is 0.301. The maximum absolute atomic E-state index is 5.50. The lowest BCUT2D eigenvalue weighted by Crippen LogP contribution is -2.33. The molecule has 0 N–H and O–H groups in total. The van der Waals surface area contributed by atoms with Crippen LogP contribution < -0.4 is 4.74 Å². The van der Waals surface area contributed by atoms with Crippen LogP contribution in [0, 0.1) is 0 Å². The summed E-state index contributed by atoms with van der Waals surface area (Å²) in [6.07, 6.45) is 2.57. The van der Waals surface area contributed by atoms with Crippen LogP contribution >= 0.6 is 11.3 Å². The van der Waals surface area contributed by atoms with Crippen molar-refractivity contribution in [1.29, 1.82) is 0 Å². The molecule has 0 aliphatic heterocycles. The molecular formula is C22H23N3O3S. The molecule has 4 aromatic rings. The van der Waals surface area contributed by atoms with E-state index in [1.807, 2.05) is 24.3 Å². The highest BCUT2D eigenvalue weighted by atomic mass is 32.1. The lowest BCUT2D eigenvalue weighted by Gasteiger charge is -2.27. The minimum Gasteiger partial charge on any atom is -0.497 e. The Bertz CT molecular complexity index is 995. The van der Waals surface area contributed by atoms with E-state index in [1.165, 1.54) is 10.4 Å². The van der Waals surface area contributed by atoms with Gasteiger partial charge in [0.1, 0.15) is 5.75 Å². The Morgan fingerprint density at radius 2 is 1.97 bits per heavy atom. The zero-order valence-corrected chi connectivity index (χ0v) is 17.3. The van der Waals surface area contributed by atoms with Gasteiger partial charge in [0.25, 0.3) is 0 Å². The molecule has 7 heteroatoms. The van der Waals surface area contributed by atoms with Crippen molar-refractivity contribution in [2.24, 2.45) is 0 Å². The SMILES string of the molecule is COc1ccc(CN(Cc2nc(-c3ccco3)no2)[C@@H](C)Cc2cccs2)cc1. The molecule has 0 radical (unpaired) electrons. The molecule has 1 aromatic carbocycles. The van der Waals surface area contributed by atoms with E-state index >= 15 is 0 Å². The third-order valence-electron chi connectivity index (χ3n) is 4.79. The zero-order valence-electron chi connectivity index (χ0n) is 16.4. The number of thiophene rings is 1. The summed E-state index contributed by atoms with van der Waals surface area (Å²) in [7, 11) is 1.68.